The molecule has 0 saturated carbocycles. The number of hydrogen-bond donors (Lipinski definition) is 1. The minimum atomic E-state index is 0.194. The fraction of sp³-hybridized carbons (Fsp3) is 0.588. The zero-order valence-corrected chi connectivity index (χ0v) is 13.2. The molecule has 1 aromatic carbocycles. The molecule has 1 saturated heterocycles. The molecule has 0 amide bonds. The van der Waals surface area contributed by atoms with Gasteiger partial charge in [0.2, 0.25) is 0 Å². The van der Waals surface area contributed by atoms with Crippen LogP contribution in [0.1, 0.15) is 45.4 Å². The highest BCUT2D eigenvalue weighted by molar-refractivity contribution is 5.78. The average molecular weight is 287 g/mol. The van der Waals surface area contributed by atoms with Gasteiger partial charge in [-0.05, 0) is 58.8 Å². The van der Waals surface area contributed by atoms with Crippen molar-refractivity contribution >= 4 is 11.0 Å². The number of aromatic nitrogens is 2. The van der Waals surface area contributed by atoms with E-state index in [-0.39, 0.29) is 6.10 Å². The number of aryl methyl sites for hydroxylation is 1. The quantitative estimate of drug-likeness (QED) is 0.937. The van der Waals surface area contributed by atoms with E-state index in [1.807, 2.05) is 0 Å². The van der Waals surface area contributed by atoms with Crippen molar-refractivity contribution in [3.63, 3.8) is 0 Å². The molecule has 1 aliphatic heterocycles. The highest BCUT2D eigenvalue weighted by atomic mass is 16.5. The topological polar surface area (TPSA) is 39.1 Å². The van der Waals surface area contributed by atoms with Crippen LogP contribution >= 0.6 is 0 Å². The minimum absolute atomic E-state index is 0.194. The van der Waals surface area contributed by atoms with Gasteiger partial charge in [0.05, 0.1) is 17.1 Å². The Morgan fingerprint density at radius 2 is 2.10 bits per heavy atom. The van der Waals surface area contributed by atoms with Crippen LogP contribution in [-0.4, -0.2) is 28.7 Å². The summed E-state index contributed by atoms with van der Waals surface area (Å²) < 4.78 is 8.16. The summed E-state index contributed by atoms with van der Waals surface area (Å²) in [4.78, 5) is 4.93. The number of fused-ring (bicyclic) bond motifs is 1. The van der Waals surface area contributed by atoms with Crippen molar-refractivity contribution in [2.24, 2.45) is 0 Å². The molecular formula is C17H25N3O. The molecule has 0 radical (unpaired) electrons. The first-order chi connectivity index (χ1) is 10.2. The van der Waals surface area contributed by atoms with Gasteiger partial charge in [0.25, 0.3) is 0 Å². The number of imidazole rings is 1. The Labute approximate surface area is 126 Å². The Balaban J connectivity index is 1.99. The van der Waals surface area contributed by atoms with Crippen LogP contribution in [0.15, 0.2) is 18.2 Å². The first-order valence-electron chi connectivity index (χ1n) is 8.06. The van der Waals surface area contributed by atoms with Gasteiger partial charge in [0.15, 0.2) is 0 Å². The van der Waals surface area contributed by atoms with E-state index in [2.05, 4.69) is 48.9 Å². The van der Waals surface area contributed by atoms with E-state index in [1.165, 1.54) is 24.2 Å². The summed E-state index contributed by atoms with van der Waals surface area (Å²) in [6.45, 7) is 9.47. The van der Waals surface area contributed by atoms with E-state index in [0.717, 1.165) is 30.9 Å². The molecule has 114 valence electrons. The molecule has 1 fully saturated rings. The number of piperidine rings is 1. The van der Waals surface area contributed by atoms with Gasteiger partial charge in [-0.3, -0.25) is 0 Å². The summed E-state index contributed by atoms with van der Waals surface area (Å²) >= 11 is 0. The summed E-state index contributed by atoms with van der Waals surface area (Å²) in [5.74, 6) is 2.74. The van der Waals surface area contributed by atoms with Crippen molar-refractivity contribution in [2.45, 2.75) is 52.2 Å². The first kappa shape index (κ1) is 14.4. The van der Waals surface area contributed by atoms with E-state index in [4.69, 9.17) is 9.72 Å². The lowest BCUT2D eigenvalue weighted by Crippen LogP contribution is -2.28. The molecule has 1 aliphatic rings. The van der Waals surface area contributed by atoms with Crippen LogP contribution in [-0.2, 0) is 6.54 Å². The summed E-state index contributed by atoms with van der Waals surface area (Å²) in [5, 5.41) is 3.43. The molecule has 4 heteroatoms. The fourth-order valence-corrected chi connectivity index (χ4v) is 3.20. The largest absolute Gasteiger partial charge is 0.491 e. The predicted octanol–water partition coefficient (Wildman–Crippen LogP) is 3.31. The highest BCUT2D eigenvalue weighted by Gasteiger charge is 2.21. The number of rotatable bonds is 4. The molecule has 0 unspecified atom stereocenters. The molecule has 3 rings (SSSR count). The number of ether oxygens (including phenoxy) is 1. The van der Waals surface area contributed by atoms with Gasteiger partial charge in [-0.25, -0.2) is 4.98 Å². The Hall–Kier alpha value is -1.55. The van der Waals surface area contributed by atoms with Gasteiger partial charge in [0.1, 0.15) is 11.6 Å². The standard InChI is InChI=1S/C17H25N3O/c1-4-20-16-6-5-14(21-12(2)3)11-15(16)19-17(20)13-7-9-18-10-8-13/h5-6,11-13,18H,4,7-10H2,1-3H3. The summed E-state index contributed by atoms with van der Waals surface area (Å²) in [7, 11) is 0. The molecule has 21 heavy (non-hydrogen) atoms. The Morgan fingerprint density at radius 1 is 1.33 bits per heavy atom. The zero-order chi connectivity index (χ0) is 14.8. The molecule has 0 atom stereocenters. The predicted molar refractivity (Wildman–Crippen MR) is 86.0 cm³/mol. The van der Waals surface area contributed by atoms with Crippen LogP contribution < -0.4 is 10.1 Å². The second-order valence-corrected chi connectivity index (χ2v) is 6.06. The minimum Gasteiger partial charge on any atom is -0.491 e. The maximum absolute atomic E-state index is 5.79. The van der Waals surface area contributed by atoms with Crippen LogP contribution in [0.2, 0.25) is 0 Å². The van der Waals surface area contributed by atoms with E-state index in [1.54, 1.807) is 0 Å². The number of hydrogen-bond acceptors (Lipinski definition) is 3. The molecule has 1 N–H and O–H groups in total. The van der Waals surface area contributed by atoms with Crippen molar-refractivity contribution in [2.75, 3.05) is 13.1 Å². The second kappa shape index (κ2) is 6.06. The first-order valence-corrected chi connectivity index (χ1v) is 8.06. The second-order valence-electron chi connectivity index (χ2n) is 6.06. The van der Waals surface area contributed by atoms with E-state index < -0.39 is 0 Å². The number of nitrogens with one attached hydrogen (secondary N) is 1. The summed E-state index contributed by atoms with van der Waals surface area (Å²) in [5.41, 5.74) is 2.28. The Kier molecular flexibility index (Phi) is 4.15. The molecule has 0 bridgehead atoms. The number of benzene rings is 1. The molecule has 4 nitrogen and oxygen atoms in total. The fourth-order valence-electron chi connectivity index (χ4n) is 3.20. The van der Waals surface area contributed by atoms with Gasteiger partial charge in [-0.15, -0.1) is 0 Å². The molecule has 2 heterocycles. The monoisotopic (exact) mass is 287 g/mol. The Bertz CT molecular complexity index is 612. The normalized spacial score (nSPS) is 16.8. The highest BCUT2D eigenvalue weighted by Crippen LogP contribution is 2.30. The van der Waals surface area contributed by atoms with E-state index >= 15 is 0 Å². The molecule has 2 aromatic rings. The smallest absolute Gasteiger partial charge is 0.121 e. The molecular weight excluding hydrogens is 262 g/mol. The average Bonchev–Trinajstić information content (AvgIpc) is 2.85. The Morgan fingerprint density at radius 3 is 2.76 bits per heavy atom. The van der Waals surface area contributed by atoms with Crippen molar-refractivity contribution in [1.29, 1.82) is 0 Å². The van der Waals surface area contributed by atoms with Crippen molar-refractivity contribution in [1.82, 2.24) is 14.9 Å². The number of nitrogens with zero attached hydrogens (tertiary/aromatic N) is 2. The zero-order valence-electron chi connectivity index (χ0n) is 13.2. The lowest BCUT2D eigenvalue weighted by Gasteiger charge is -2.22. The maximum atomic E-state index is 5.79. The third kappa shape index (κ3) is 2.91. The van der Waals surface area contributed by atoms with Crippen LogP contribution in [0.4, 0.5) is 0 Å². The van der Waals surface area contributed by atoms with Crippen molar-refractivity contribution < 1.29 is 4.74 Å². The van der Waals surface area contributed by atoms with Crippen LogP contribution in [0.3, 0.4) is 0 Å². The van der Waals surface area contributed by atoms with Crippen LogP contribution in [0.5, 0.6) is 5.75 Å². The molecule has 0 spiro atoms. The maximum Gasteiger partial charge on any atom is 0.121 e. The lowest BCUT2D eigenvalue weighted by molar-refractivity contribution is 0.242. The summed E-state index contributed by atoms with van der Waals surface area (Å²) in [6, 6.07) is 6.28. The lowest BCUT2D eigenvalue weighted by atomic mass is 9.97. The van der Waals surface area contributed by atoms with Gasteiger partial charge >= 0.3 is 0 Å². The third-order valence-electron chi connectivity index (χ3n) is 4.14. The van der Waals surface area contributed by atoms with Gasteiger partial charge in [-0.1, -0.05) is 0 Å². The van der Waals surface area contributed by atoms with E-state index in [9.17, 15) is 0 Å². The van der Waals surface area contributed by atoms with Gasteiger partial charge in [0, 0.05) is 18.5 Å². The molecule has 1 aromatic heterocycles. The van der Waals surface area contributed by atoms with Crippen molar-refractivity contribution in [3.8, 4) is 5.75 Å². The SMILES string of the molecule is CCn1c(C2CCNCC2)nc2cc(OC(C)C)ccc21. The van der Waals surface area contributed by atoms with Crippen LogP contribution in [0, 0.1) is 0 Å². The van der Waals surface area contributed by atoms with Crippen LogP contribution in [0.25, 0.3) is 11.0 Å². The van der Waals surface area contributed by atoms with E-state index in [0.29, 0.717) is 5.92 Å². The van der Waals surface area contributed by atoms with Gasteiger partial charge in [-0.2, -0.15) is 0 Å². The van der Waals surface area contributed by atoms with Crippen molar-refractivity contribution in [3.05, 3.63) is 24.0 Å². The third-order valence-corrected chi connectivity index (χ3v) is 4.14. The molecule has 0 aliphatic carbocycles. The summed E-state index contributed by atoms with van der Waals surface area (Å²) in [6.07, 6.45) is 2.55. The van der Waals surface area contributed by atoms with Gasteiger partial charge < -0.3 is 14.6 Å².